The smallest absolute Gasteiger partial charge is 0.246 e. The molecule has 0 aromatic rings. The van der Waals surface area contributed by atoms with E-state index in [1.165, 1.54) is 0 Å². The summed E-state index contributed by atoms with van der Waals surface area (Å²) in [4.78, 5) is 11.5. The highest BCUT2D eigenvalue weighted by Gasteiger charge is 2.37. The van der Waals surface area contributed by atoms with Crippen LogP contribution in [-0.4, -0.2) is 11.6 Å². The molecule has 1 heterocycles. The van der Waals surface area contributed by atoms with Crippen molar-refractivity contribution in [3.8, 4) is 0 Å². The Labute approximate surface area is 87.4 Å². The van der Waals surface area contributed by atoms with Gasteiger partial charge in [0.2, 0.25) is 5.91 Å². The number of hydrogen-bond acceptors (Lipinski definition) is 2. The number of amides is 1. The zero-order valence-corrected chi connectivity index (χ0v) is 9.77. The van der Waals surface area contributed by atoms with Crippen molar-refractivity contribution in [3.63, 3.8) is 0 Å². The minimum atomic E-state index is -0.316. The molecule has 3 heteroatoms. The molecule has 14 heavy (non-hydrogen) atoms. The Bertz CT molecular complexity index is 282. The van der Waals surface area contributed by atoms with Gasteiger partial charge in [-0.15, -0.1) is 0 Å². The van der Waals surface area contributed by atoms with Crippen LogP contribution < -0.4 is 5.43 Å². The average Bonchev–Trinajstić information content (AvgIpc) is 2.09. The van der Waals surface area contributed by atoms with E-state index >= 15 is 0 Å². The van der Waals surface area contributed by atoms with Crippen molar-refractivity contribution >= 4 is 11.6 Å². The molecule has 0 spiro atoms. The lowest BCUT2D eigenvalue weighted by molar-refractivity contribution is -0.129. The van der Waals surface area contributed by atoms with Gasteiger partial charge < -0.3 is 0 Å². The first-order chi connectivity index (χ1) is 6.29. The van der Waals surface area contributed by atoms with Crippen LogP contribution in [0.2, 0.25) is 0 Å². The van der Waals surface area contributed by atoms with Gasteiger partial charge in [0.15, 0.2) is 0 Å². The Kier molecular flexibility index (Phi) is 2.70. The van der Waals surface area contributed by atoms with Gasteiger partial charge in [0.25, 0.3) is 0 Å². The molecule has 0 bridgehead atoms. The maximum Gasteiger partial charge on any atom is 0.246 e. The monoisotopic (exact) mass is 198 g/mol. The molecule has 0 saturated heterocycles. The maximum atomic E-state index is 11.5. The van der Waals surface area contributed by atoms with E-state index in [9.17, 15) is 4.79 Å². The van der Waals surface area contributed by atoms with E-state index < -0.39 is 0 Å². The van der Waals surface area contributed by atoms with Gasteiger partial charge in [-0.2, -0.15) is 5.10 Å². The fourth-order valence-electron chi connectivity index (χ4n) is 1.40. The van der Waals surface area contributed by atoms with Gasteiger partial charge >= 0.3 is 0 Å². The summed E-state index contributed by atoms with van der Waals surface area (Å²) in [5, 5.41) is 4.17. The van der Waals surface area contributed by atoms with Gasteiger partial charge in [0.1, 0.15) is 0 Å². The number of hydrazone groups is 1. The predicted molar refractivity (Wildman–Crippen MR) is 60.2 cm³/mol. The van der Waals surface area contributed by atoms with Crippen LogP contribution in [-0.2, 0) is 4.79 Å². The fourth-order valence-corrected chi connectivity index (χ4v) is 1.40. The molecule has 0 fully saturated rings. The molecular weight excluding hydrogens is 176 g/mol. The standard InChI is InChI=1S/C11H20N2O.H2/c1-6-10(2,3)8-7-11(4,5)9(14)13-12-8;/h6-7H2,1-5H3,(H,13,14);1H. The van der Waals surface area contributed by atoms with Crippen molar-refractivity contribution < 1.29 is 6.22 Å². The number of nitrogens with one attached hydrogen (secondary N) is 1. The topological polar surface area (TPSA) is 41.5 Å². The van der Waals surface area contributed by atoms with E-state index in [-0.39, 0.29) is 18.2 Å². The third kappa shape index (κ3) is 1.97. The molecule has 0 atom stereocenters. The summed E-state index contributed by atoms with van der Waals surface area (Å²) in [5.41, 5.74) is 3.49. The quantitative estimate of drug-likeness (QED) is 0.728. The molecule has 0 aromatic carbocycles. The average molecular weight is 198 g/mol. The van der Waals surface area contributed by atoms with Gasteiger partial charge in [-0.05, 0) is 6.42 Å². The van der Waals surface area contributed by atoms with Crippen LogP contribution in [0.4, 0.5) is 0 Å². The molecule has 1 aliphatic rings. The highest BCUT2D eigenvalue weighted by Crippen LogP contribution is 2.33. The summed E-state index contributed by atoms with van der Waals surface area (Å²) in [6, 6.07) is 0. The first-order valence-electron chi connectivity index (χ1n) is 5.17. The number of rotatable bonds is 2. The Balaban J connectivity index is 0.00000196. The lowest BCUT2D eigenvalue weighted by atomic mass is 9.75. The van der Waals surface area contributed by atoms with Crippen molar-refractivity contribution in [1.29, 1.82) is 0 Å². The van der Waals surface area contributed by atoms with Crippen LogP contribution in [0.5, 0.6) is 0 Å². The van der Waals surface area contributed by atoms with Gasteiger partial charge in [0, 0.05) is 19.0 Å². The Hall–Kier alpha value is -0.860. The summed E-state index contributed by atoms with van der Waals surface area (Å²) in [6.07, 6.45) is 1.80. The summed E-state index contributed by atoms with van der Waals surface area (Å²) >= 11 is 0. The largest absolute Gasteiger partial charge is 0.273 e. The number of carbonyl (C=O) groups excluding carboxylic acids is 1. The highest BCUT2D eigenvalue weighted by molar-refractivity contribution is 5.98. The minimum Gasteiger partial charge on any atom is -0.273 e. The van der Waals surface area contributed by atoms with Crippen molar-refractivity contribution in [1.82, 2.24) is 5.43 Å². The summed E-state index contributed by atoms with van der Waals surface area (Å²) in [6.45, 7) is 10.4. The van der Waals surface area contributed by atoms with Crippen molar-refractivity contribution in [3.05, 3.63) is 0 Å². The highest BCUT2D eigenvalue weighted by atomic mass is 16.2. The molecule has 0 saturated carbocycles. The summed E-state index contributed by atoms with van der Waals surface area (Å²) in [7, 11) is 0. The fraction of sp³-hybridized carbons (Fsp3) is 0.818. The van der Waals surface area contributed by atoms with Crippen LogP contribution in [0, 0.1) is 10.8 Å². The second-order valence-electron chi connectivity index (χ2n) is 5.30. The van der Waals surface area contributed by atoms with Crippen LogP contribution in [0.25, 0.3) is 0 Å². The lowest BCUT2D eigenvalue weighted by Gasteiger charge is -2.34. The molecule has 0 aromatic heterocycles. The SMILES string of the molecule is CCC(C)(C)C1=NNC(=O)C(C)(C)C1.[HH]. The van der Waals surface area contributed by atoms with E-state index in [4.69, 9.17) is 0 Å². The van der Waals surface area contributed by atoms with Crippen molar-refractivity contribution in [2.45, 2.75) is 47.5 Å². The Morgan fingerprint density at radius 3 is 2.57 bits per heavy atom. The zero-order chi connectivity index (χ0) is 11.0. The first-order valence-corrected chi connectivity index (χ1v) is 5.17. The Morgan fingerprint density at radius 1 is 1.57 bits per heavy atom. The van der Waals surface area contributed by atoms with Crippen molar-refractivity contribution in [2.24, 2.45) is 15.9 Å². The van der Waals surface area contributed by atoms with Crippen LogP contribution >= 0.6 is 0 Å². The number of carbonyl (C=O) groups is 1. The molecular formula is C11H22N2O. The lowest BCUT2D eigenvalue weighted by Crippen LogP contribution is -2.44. The molecule has 0 radical (unpaired) electrons. The molecule has 82 valence electrons. The molecule has 1 amide bonds. The van der Waals surface area contributed by atoms with E-state index in [0.29, 0.717) is 0 Å². The van der Waals surface area contributed by atoms with E-state index in [1.807, 2.05) is 13.8 Å². The predicted octanol–water partition coefficient (Wildman–Crippen LogP) is 2.57. The summed E-state index contributed by atoms with van der Waals surface area (Å²) < 4.78 is 0. The first kappa shape index (κ1) is 11.2. The third-order valence-corrected chi connectivity index (χ3v) is 3.18. The van der Waals surface area contributed by atoms with Gasteiger partial charge in [-0.1, -0.05) is 34.6 Å². The molecule has 1 aliphatic heterocycles. The minimum absolute atomic E-state index is 0. The second kappa shape index (κ2) is 3.37. The maximum absolute atomic E-state index is 11.5. The van der Waals surface area contributed by atoms with Gasteiger partial charge in [-0.25, -0.2) is 5.43 Å². The number of hydrogen-bond donors (Lipinski definition) is 1. The van der Waals surface area contributed by atoms with Gasteiger partial charge in [-0.3, -0.25) is 4.79 Å². The van der Waals surface area contributed by atoms with Crippen molar-refractivity contribution in [2.75, 3.05) is 0 Å². The molecule has 1 N–H and O–H groups in total. The van der Waals surface area contributed by atoms with E-state index in [0.717, 1.165) is 18.6 Å². The van der Waals surface area contributed by atoms with E-state index in [2.05, 4.69) is 31.3 Å². The van der Waals surface area contributed by atoms with Gasteiger partial charge in [0.05, 0.1) is 5.41 Å². The second-order valence-corrected chi connectivity index (χ2v) is 5.30. The number of nitrogens with zero attached hydrogens (tertiary/aromatic N) is 1. The Morgan fingerprint density at radius 2 is 2.14 bits per heavy atom. The molecule has 3 nitrogen and oxygen atoms in total. The third-order valence-electron chi connectivity index (χ3n) is 3.18. The van der Waals surface area contributed by atoms with Crippen LogP contribution in [0.15, 0.2) is 5.10 Å². The summed E-state index contributed by atoms with van der Waals surface area (Å²) in [5.74, 6) is 0.0214. The zero-order valence-electron chi connectivity index (χ0n) is 9.77. The molecule has 1 rings (SSSR count). The normalized spacial score (nSPS) is 21.5. The van der Waals surface area contributed by atoms with Crippen LogP contribution in [0.1, 0.15) is 48.9 Å². The molecule has 0 aliphatic carbocycles. The molecule has 0 unspecified atom stereocenters. The van der Waals surface area contributed by atoms with Crippen LogP contribution in [0.3, 0.4) is 0 Å². The van der Waals surface area contributed by atoms with E-state index in [1.54, 1.807) is 0 Å².